The van der Waals surface area contributed by atoms with Crippen molar-refractivity contribution in [2.24, 2.45) is 0 Å². The van der Waals surface area contributed by atoms with Crippen LogP contribution in [0.15, 0.2) is 48.7 Å². The van der Waals surface area contributed by atoms with E-state index < -0.39 is 0 Å². The summed E-state index contributed by atoms with van der Waals surface area (Å²) in [6.45, 7) is 1.42. The van der Waals surface area contributed by atoms with E-state index in [0.29, 0.717) is 12.7 Å². The maximum absolute atomic E-state index is 11.1. The number of aromatic nitrogens is 2. The summed E-state index contributed by atoms with van der Waals surface area (Å²) >= 11 is 0. The molecule has 0 unspecified atom stereocenters. The molecule has 4 rings (SSSR count). The molecule has 0 N–H and O–H groups in total. The number of benzene rings is 2. The molecule has 0 saturated heterocycles. The molecular weight excluding hydrogens is 332 g/mol. The summed E-state index contributed by atoms with van der Waals surface area (Å²) < 4.78 is 7.07. The summed E-state index contributed by atoms with van der Waals surface area (Å²) in [4.78, 5) is 13.1. The van der Waals surface area contributed by atoms with Gasteiger partial charge < -0.3 is 4.74 Å². The largest absolute Gasteiger partial charge is 0.497 e. The fraction of sp³-hybridized carbons (Fsp3) is 0.316. The zero-order valence-electron chi connectivity index (χ0n) is 14.5. The highest BCUT2D eigenvalue weighted by atomic mass is 16.6. The second-order valence-electron chi connectivity index (χ2n) is 6.61. The van der Waals surface area contributed by atoms with Crippen molar-refractivity contribution in [2.75, 3.05) is 7.11 Å². The average Bonchev–Trinajstić information content (AvgIpc) is 3.43. The summed E-state index contributed by atoms with van der Waals surface area (Å²) in [7, 11) is 1.66. The standard InChI is InChI=1S/C19H20N4O3/c1-26-18-8-2-14(3-9-18)12-21(16-6-7-16)13-22-19-10-17(23(24)25)5-4-15(19)11-20-22/h2-5,8-11,16H,6-7,12-13H2,1H3. The predicted octanol–water partition coefficient (Wildman–Crippen LogP) is 3.58. The highest BCUT2D eigenvalue weighted by Crippen LogP contribution is 2.30. The lowest BCUT2D eigenvalue weighted by molar-refractivity contribution is -0.384. The quantitative estimate of drug-likeness (QED) is 0.480. The van der Waals surface area contributed by atoms with Crippen LogP contribution in [-0.2, 0) is 13.2 Å². The lowest BCUT2D eigenvalue weighted by Gasteiger charge is -2.22. The van der Waals surface area contributed by atoms with Gasteiger partial charge in [0, 0.05) is 30.1 Å². The van der Waals surface area contributed by atoms with Crippen LogP contribution in [0.3, 0.4) is 0 Å². The molecule has 7 nitrogen and oxygen atoms in total. The monoisotopic (exact) mass is 352 g/mol. The minimum absolute atomic E-state index is 0.0902. The van der Waals surface area contributed by atoms with Gasteiger partial charge in [-0.2, -0.15) is 5.10 Å². The molecule has 0 bridgehead atoms. The summed E-state index contributed by atoms with van der Waals surface area (Å²) in [6.07, 6.45) is 4.11. The number of nitro groups is 1. The van der Waals surface area contributed by atoms with Crippen LogP contribution in [0.4, 0.5) is 5.69 Å². The Hall–Kier alpha value is -2.93. The van der Waals surface area contributed by atoms with E-state index in [9.17, 15) is 10.1 Å². The Bertz CT molecular complexity index is 932. The highest BCUT2D eigenvalue weighted by molar-refractivity contribution is 5.80. The maximum Gasteiger partial charge on any atom is 0.271 e. The van der Waals surface area contributed by atoms with E-state index in [-0.39, 0.29) is 10.6 Å². The Kier molecular flexibility index (Phi) is 4.30. The Morgan fingerprint density at radius 1 is 1.27 bits per heavy atom. The Morgan fingerprint density at radius 2 is 2.04 bits per heavy atom. The normalized spacial score (nSPS) is 14.1. The zero-order valence-corrected chi connectivity index (χ0v) is 14.5. The third-order valence-corrected chi connectivity index (χ3v) is 4.76. The van der Waals surface area contributed by atoms with Crippen molar-refractivity contribution in [2.45, 2.75) is 32.1 Å². The van der Waals surface area contributed by atoms with E-state index in [1.165, 1.54) is 24.5 Å². The molecular formula is C19H20N4O3. The number of fused-ring (bicyclic) bond motifs is 1. The molecule has 0 atom stereocenters. The maximum atomic E-state index is 11.1. The van der Waals surface area contributed by atoms with Crippen molar-refractivity contribution < 1.29 is 9.66 Å². The number of rotatable bonds is 7. The summed E-state index contributed by atoms with van der Waals surface area (Å²) in [6, 6.07) is 13.5. The van der Waals surface area contributed by atoms with Gasteiger partial charge in [-0.05, 0) is 36.6 Å². The minimum Gasteiger partial charge on any atom is -0.497 e. The molecule has 0 amide bonds. The smallest absolute Gasteiger partial charge is 0.271 e. The van der Waals surface area contributed by atoms with Crippen LogP contribution in [0, 0.1) is 10.1 Å². The fourth-order valence-corrected chi connectivity index (χ4v) is 3.16. The van der Waals surface area contributed by atoms with Crippen LogP contribution in [-0.4, -0.2) is 32.8 Å². The molecule has 134 valence electrons. The second kappa shape index (κ2) is 6.76. The first-order chi connectivity index (χ1) is 12.6. The first-order valence-corrected chi connectivity index (χ1v) is 8.61. The van der Waals surface area contributed by atoms with E-state index in [4.69, 9.17) is 4.74 Å². The van der Waals surface area contributed by atoms with Gasteiger partial charge in [-0.15, -0.1) is 0 Å². The highest BCUT2D eigenvalue weighted by Gasteiger charge is 2.29. The van der Waals surface area contributed by atoms with Crippen molar-refractivity contribution in [3.05, 3.63) is 64.3 Å². The van der Waals surface area contributed by atoms with Crippen LogP contribution in [0.25, 0.3) is 10.9 Å². The molecule has 0 aliphatic heterocycles. The molecule has 1 aliphatic carbocycles. The van der Waals surface area contributed by atoms with Gasteiger partial charge in [-0.1, -0.05) is 12.1 Å². The zero-order chi connectivity index (χ0) is 18.1. The van der Waals surface area contributed by atoms with Crippen LogP contribution in [0.5, 0.6) is 5.75 Å². The molecule has 0 spiro atoms. The van der Waals surface area contributed by atoms with E-state index in [1.807, 2.05) is 16.8 Å². The molecule has 1 aromatic heterocycles. The van der Waals surface area contributed by atoms with E-state index in [0.717, 1.165) is 23.2 Å². The predicted molar refractivity (Wildman–Crippen MR) is 97.9 cm³/mol. The average molecular weight is 352 g/mol. The van der Waals surface area contributed by atoms with Crippen LogP contribution < -0.4 is 4.74 Å². The van der Waals surface area contributed by atoms with Gasteiger partial charge in [0.25, 0.3) is 5.69 Å². The van der Waals surface area contributed by atoms with Gasteiger partial charge >= 0.3 is 0 Å². The van der Waals surface area contributed by atoms with Crippen LogP contribution >= 0.6 is 0 Å². The topological polar surface area (TPSA) is 73.4 Å². The number of methoxy groups -OCH3 is 1. The summed E-state index contributed by atoms with van der Waals surface area (Å²) in [5, 5.41) is 16.4. The van der Waals surface area contributed by atoms with Crippen molar-refractivity contribution >= 4 is 16.6 Å². The first kappa shape index (κ1) is 16.5. The third kappa shape index (κ3) is 3.39. The van der Waals surface area contributed by atoms with E-state index in [1.54, 1.807) is 25.4 Å². The summed E-state index contributed by atoms with van der Waals surface area (Å²) in [5.74, 6) is 0.845. The Labute approximate surface area is 150 Å². The first-order valence-electron chi connectivity index (χ1n) is 8.61. The van der Waals surface area contributed by atoms with E-state index >= 15 is 0 Å². The lowest BCUT2D eigenvalue weighted by Crippen LogP contribution is -2.28. The number of nitrogens with zero attached hydrogens (tertiary/aromatic N) is 4. The molecule has 0 radical (unpaired) electrons. The van der Waals surface area contributed by atoms with Gasteiger partial charge in [0.2, 0.25) is 0 Å². The third-order valence-electron chi connectivity index (χ3n) is 4.76. The van der Waals surface area contributed by atoms with Gasteiger partial charge in [0.1, 0.15) is 5.75 Å². The van der Waals surface area contributed by atoms with Gasteiger partial charge in [-0.25, -0.2) is 0 Å². The minimum atomic E-state index is -0.368. The van der Waals surface area contributed by atoms with Crippen LogP contribution in [0.1, 0.15) is 18.4 Å². The molecule has 1 aliphatic rings. The number of hydrogen-bond donors (Lipinski definition) is 0. The molecule has 1 fully saturated rings. The molecule has 2 aromatic carbocycles. The van der Waals surface area contributed by atoms with E-state index in [2.05, 4.69) is 22.1 Å². The van der Waals surface area contributed by atoms with Crippen molar-refractivity contribution in [3.63, 3.8) is 0 Å². The summed E-state index contributed by atoms with van der Waals surface area (Å²) in [5.41, 5.74) is 2.09. The number of ether oxygens (including phenoxy) is 1. The fourth-order valence-electron chi connectivity index (χ4n) is 3.16. The molecule has 3 aromatic rings. The lowest BCUT2D eigenvalue weighted by atomic mass is 10.2. The number of hydrogen-bond acceptors (Lipinski definition) is 5. The molecule has 1 heterocycles. The molecule has 1 saturated carbocycles. The Morgan fingerprint density at radius 3 is 2.69 bits per heavy atom. The van der Waals surface area contributed by atoms with Crippen molar-refractivity contribution in [1.82, 2.24) is 14.7 Å². The second-order valence-corrected chi connectivity index (χ2v) is 6.61. The Balaban J connectivity index is 1.57. The van der Waals surface area contributed by atoms with Crippen LogP contribution in [0.2, 0.25) is 0 Å². The van der Waals surface area contributed by atoms with Crippen molar-refractivity contribution in [3.8, 4) is 5.75 Å². The SMILES string of the molecule is COc1ccc(CN(Cn2ncc3ccc([N+](=O)[O-])cc32)C2CC2)cc1. The number of nitro benzene ring substituents is 1. The number of non-ortho nitro benzene ring substituents is 1. The molecule has 26 heavy (non-hydrogen) atoms. The van der Waals surface area contributed by atoms with Gasteiger partial charge in [0.05, 0.1) is 30.4 Å². The van der Waals surface area contributed by atoms with Gasteiger partial charge in [-0.3, -0.25) is 19.7 Å². The van der Waals surface area contributed by atoms with Crippen molar-refractivity contribution in [1.29, 1.82) is 0 Å². The molecule has 7 heteroatoms. The van der Waals surface area contributed by atoms with Gasteiger partial charge in [0.15, 0.2) is 0 Å².